The van der Waals surface area contributed by atoms with Crippen LogP contribution in [-0.4, -0.2) is 23.2 Å². The van der Waals surface area contributed by atoms with E-state index in [1.165, 1.54) is 0 Å². The fraction of sp³-hybridized carbons (Fsp3) is 0.571. The summed E-state index contributed by atoms with van der Waals surface area (Å²) in [5, 5.41) is 3.67. The van der Waals surface area contributed by atoms with Crippen molar-refractivity contribution >= 4 is 5.82 Å². The molecule has 0 amide bonds. The van der Waals surface area contributed by atoms with Crippen molar-refractivity contribution in [2.24, 2.45) is 25.0 Å². The largest absolute Gasteiger partial charge is 0.363 e. The monoisotopic (exact) mass is 169 g/mol. The first-order chi connectivity index (χ1) is 5.57. The van der Waals surface area contributed by atoms with E-state index < -0.39 is 0 Å². The minimum Gasteiger partial charge on any atom is -0.363 e. The van der Waals surface area contributed by atoms with Crippen molar-refractivity contribution in [1.82, 2.24) is 9.13 Å². The van der Waals surface area contributed by atoms with E-state index in [-0.39, 0.29) is 0 Å². The van der Waals surface area contributed by atoms with Crippen LogP contribution >= 0.6 is 0 Å². The summed E-state index contributed by atoms with van der Waals surface area (Å²) in [7, 11) is 7.81. The number of aryl methyl sites for hydroxylation is 1. The second-order valence-corrected chi connectivity index (χ2v) is 2.98. The molecule has 12 heavy (non-hydrogen) atoms. The van der Waals surface area contributed by atoms with Crippen molar-refractivity contribution < 1.29 is 0 Å². The van der Waals surface area contributed by atoms with Gasteiger partial charge in [-0.05, 0) is 0 Å². The highest BCUT2D eigenvalue weighted by Crippen LogP contribution is 2.04. The molecule has 0 atom stereocenters. The molecule has 0 aliphatic carbocycles. The van der Waals surface area contributed by atoms with Crippen molar-refractivity contribution in [3.8, 4) is 0 Å². The standard InChI is InChI=1S/C7H15N5/c1-10(2)6-5-11(3)7(9-8)12(6)4/h5H,8H2,1-4H3. The molecular formula is C7H15N5. The third kappa shape index (κ3) is 1.17. The van der Waals surface area contributed by atoms with E-state index >= 15 is 0 Å². The van der Waals surface area contributed by atoms with Gasteiger partial charge in [-0.2, -0.15) is 0 Å². The second kappa shape index (κ2) is 2.92. The lowest BCUT2D eigenvalue weighted by Crippen LogP contribution is -2.25. The topological polar surface area (TPSA) is 51.5 Å². The molecule has 68 valence electrons. The van der Waals surface area contributed by atoms with E-state index in [1.54, 1.807) is 0 Å². The molecule has 1 heterocycles. The van der Waals surface area contributed by atoms with Gasteiger partial charge in [-0.1, -0.05) is 0 Å². The fourth-order valence-electron chi connectivity index (χ4n) is 1.25. The van der Waals surface area contributed by atoms with Crippen molar-refractivity contribution in [2.75, 3.05) is 19.0 Å². The molecule has 5 heteroatoms. The molecule has 0 radical (unpaired) electrons. The highest BCUT2D eigenvalue weighted by molar-refractivity contribution is 5.34. The predicted octanol–water partition coefficient (Wildman–Crippen LogP) is -0.796. The zero-order chi connectivity index (χ0) is 9.30. The van der Waals surface area contributed by atoms with Crippen LogP contribution in [0.5, 0.6) is 0 Å². The highest BCUT2D eigenvalue weighted by Gasteiger charge is 2.04. The molecule has 0 aliphatic heterocycles. The van der Waals surface area contributed by atoms with Crippen LogP contribution in [0.4, 0.5) is 5.82 Å². The number of hydrogen-bond acceptors (Lipinski definition) is 3. The van der Waals surface area contributed by atoms with Crippen LogP contribution in [0.2, 0.25) is 0 Å². The van der Waals surface area contributed by atoms with E-state index in [0.717, 1.165) is 11.4 Å². The molecule has 1 rings (SSSR count). The Kier molecular flexibility index (Phi) is 2.12. The Morgan fingerprint density at radius 3 is 2.25 bits per heavy atom. The van der Waals surface area contributed by atoms with Crippen LogP contribution < -0.4 is 16.4 Å². The van der Waals surface area contributed by atoms with Gasteiger partial charge in [-0.15, -0.1) is 5.10 Å². The van der Waals surface area contributed by atoms with E-state index in [2.05, 4.69) is 5.10 Å². The number of aromatic nitrogens is 2. The molecule has 0 fully saturated rings. The average Bonchev–Trinajstić information content (AvgIpc) is 2.27. The third-order valence-electron chi connectivity index (χ3n) is 1.84. The second-order valence-electron chi connectivity index (χ2n) is 2.98. The Bertz CT molecular complexity index is 330. The molecule has 0 bridgehead atoms. The highest BCUT2D eigenvalue weighted by atomic mass is 15.3. The lowest BCUT2D eigenvalue weighted by Gasteiger charge is -2.11. The van der Waals surface area contributed by atoms with E-state index in [1.807, 2.05) is 48.4 Å². The maximum Gasteiger partial charge on any atom is 0.227 e. The first-order valence-corrected chi connectivity index (χ1v) is 3.71. The molecule has 0 saturated carbocycles. The number of anilines is 1. The van der Waals surface area contributed by atoms with Crippen LogP contribution in [0, 0.1) is 0 Å². The van der Waals surface area contributed by atoms with Gasteiger partial charge in [0.2, 0.25) is 5.62 Å². The summed E-state index contributed by atoms with van der Waals surface area (Å²) in [6, 6.07) is 0. The van der Waals surface area contributed by atoms with Crippen LogP contribution in [0.3, 0.4) is 0 Å². The van der Waals surface area contributed by atoms with Crippen LogP contribution in [0.15, 0.2) is 11.3 Å². The van der Waals surface area contributed by atoms with Gasteiger partial charge in [0.05, 0.1) is 0 Å². The maximum atomic E-state index is 5.23. The Labute approximate surface area is 71.7 Å². The summed E-state index contributed by atoms with van der Waals surface area (Å²) < 4.78 is 3.81. The van der Waals surface area contributed by atoms with Crippen LogP contribution in [0.25, 0.3) is 0 Å². The van der Waals surface area contributed by atoms with E-state index in [4.69, 9.17) is 5.84 Å². The van der Waals surface area contributed by atoms with Crippen molar-refractivity contribution in [3.63, 3.8) is 0 Å². The Balaban J connectivity index is 3.37. The van der Waals surface area contributed by atoms with Gasteiger partial charge >= 0.3 is 0 Å². The number of imidazole rings is 1. The molecule has 0 aliphatic rings. The lowest BCUT2D eigenvalue weighted by atomic mass is 10.6. The van der Waals surface area contributed by atoms with Crippen LogP contribution in [0.1, 0.15) is 0 Å². The van der Waals surface area contributed by atoms with Gasteiger partial charge in [-0.3, -0.25) is 4.57 Å². The average molecular weight is 169 g/mol. The van der Waals surface area contributed by atoms with Crippen molar-refractivity contribution in [3.05, 3.63) is 11.8 Å². The molecule has 0 spiro atoms. The molecule has 2 N–H and O–H groups in total. The summed E-state index contributed by atoms with van der Waals surface area (Å²) in [6.45, 7) is 0. The SMILES string of the molecule is CN(C)c1cn(C)c(=NN)n1C. The first-order valence-electron chi connectivity index (χ1n) is 3.71. The molecule has 1 aromatic heterocycles. The smallest absolute Gasteiger partial charge is 0.227 e. The minimum atomic E-state index is 0.749. The quantitative estimate of drug-likeness (QED) is 0.442. The summed E-state index contributed by atoms with van der Waals surface area (Å²) in [6.07, 6.45) is 1.98. The summed E-state index contributed by atoms with van der Waals surface area (Å²) in [4.78, 5) is 2.01. The van der Waals surface area contributed by atoms with Crippen molar-refractivity contribution in [1.29, 1.82) is 0 Å². The van der Waals surface area contributed by atoms with Gasteiger partial charge in [-0.25, -0.2) is 0 Å². The Morgan fingerprint density at radius 2 is 2.00 bits per heavy atom. The van der Waals surface area contributed by atoms with Gasteiger partial charge in [0.1, 0.15) is 5.82 Å². The number of nitrogens with two attached hydrogens (primary N) is 1. The van der Waals surface area contributed by atoms with Crippen LogP contribution in [-0.2, 0) is 14.1 Å². The minimum absolute atomic E-state index is 0.749. The molecule has 0 aromatic carbocycles. The Morgan fingerprint density at radius 1 is 1.42 bits per heavy atom. The summed E-state index contributed by atoms with van der Waals surface area (Å²) in [5.74, 6) is 6.30. The fourth-order valence-corrected chi connectivity index (χ4v) is 1.25. The van der Waals surface area contributed by atoms with E-state index in [0.29, 0.717) is 0 Å². The predicted molar refractivity (Wildman–Crippen MR) is 48.5 cm³/mol. The zero-order valence-corrected chi connectivity index (χ0v) is 7.94. The number of nitrogens with zero attached hydrogens (tertiary/aromatic N) is 4. The van der Waals surface area contributed by atoms with Gasteiger partial charge in [0, 0.05) is 34.4 Å². The molecule has 5 nitrogen and oxygen atoms in total. The molecule has 0 saturated heterocycles. The summed E-state index contributed by atoms with van der Waals surface area (Å²) in [5.41, 5.74) is 0.749. The maximum absolute atomic E-state index is 5.23. The first kappa shape index (κ1) is 8.70. The lowest BCUT2D eigenvalue weighted by molar-refractivity contribution is 0.724. The van der Waals surface area contributed by atoms with Gasteiger partial charge in [0.25, 0.3) is 0 Å². The zero-order valence-electron chi connectivity index (χ0n) is 7.94. The Hall–Kier alpha value is -1.39. The molecule has 1 aromatic rings. The molecular weight excluding hydrogens is 154 g/mol. The number of hydrogen-bond donors (Lipinski definition) is 1. The van der Waals surface area contributed by atoms with E-state index in [9.17, 15) is 0 Å². The summed E-state index contributed by atoms with van der Waals surface area (Å²) >= 11 is 0. The third-order valence-corrected chi connectivity index (χ3v) is 1.84. The molecule has 0 unspecified atom stereocenters. The van der Waals surface area contributed by atoms with Crippen molar-refractivity contribution in [2.45, 2.75) is 0 Å². The van der Waals surface area contributed by atoms with Gasteiger partial charge < -0.3 is 15.3 Å². The normalized spacial score (nSPS) is 12.2. The van der Waals surface area contributed by atoms with Gasteiger partial charge in [0.15, 0.2) is 0 Å². The number of rotatable bonds is 1.